The van der Waals surface area contributed by atoms with Crippen molar-refractivity contribution < 1.29 is 14.7 Å². The second kappa shape index (κ2) is 5.72. The number of carbonyl (C=O) groups is 2. The fraction of sp³-hybridized carbons (Fsp3) is 0.875. The van der Waals surface area contributed by atoms with Gasteiger partial charge in [-0.25, -0.2) is 4.79 Å². The molecule has 0 saturated carbocycles. The first-order valence-electron chi connectivity index (χ1n) is 8.02. The number of nitrogens with zero attached hydrogens (tertiary/aromatic N) is 3. The van der Waals surface area contributed by atoms with Crippen LogP contribution in [-0.4, -0.2) is 76.1 Å². The van der Waals surface area contributed by atoms with Crippen molar-refractivity contribution in [3.8, 4) is 0 Å². The van der Waals surface area contributed by atoms with E-state index in [-0.39, 0.29) is 24.0 Å². The number of piperazine rings is 1. The molecule has 2 aliphatic heterocycles. The first-order valence-corrected chi connectivity index (χ1v) is 8.02. The van der Waals surface area contributed by atoms with Gasteiger partial charge in [-0.15, -0.1) is 0 Å². The average Bonchev–Trinajstić information content (AvgIpc) is 2.62. The summed E-state index contributed by atoms with van der Waals surface area (Å²) in [6, 6.07) is 0.290. The number of carboxylic acids is 1. The highest BCUT2D eigenvalue weighted by Crippen LogP contribution is 2.29. The van der Waals surface area contributed by atoms with E-state index in [0.29, 0.717) is 13.1 Å². The monoisotopic (exact) mass is 311 g/mol. The number of amides is 2. The number of carboxylic acid groups (broad SMARTS) is 1. The summed E-state index contributed by atoms with van der Waals surface area (Å²) in [4.78, 5) is 29.7. The van der Waals surface area contributed by atoms with E-state index in [0.717, 1.165) is 19.6 Å². The van der Waals surface area contributed by atoms with Gasteiger partial charge in [-0.3, -0.25) is 9.69 Å². The molecular weight excluding hydrogens is 282 g/mol. The molecule has 126 valence electrons. The van der Waals surface area contributed by atoms with Crippen LogP contribution in [0.25, 0.3) is 0 Å². The Labute approximate surface area is 133 Å². The van der Waals surface area contributed by atoms with Gasteiger partial charge < -0.3 is 14.9 Å². The van der Waals surface area contributed by atoms with Gasteiger partial charge in [0, 0.05) is 38.3 Å². The van der Waals surface area contributed by atoms with E-state index < -0.39 is 11.4 Å². The van der Waals surface area contributed by atoms with Gasteiger partial charge in [-0.05, 0) is 26.2 Å². The molecule has 22 heavy (non-hydrogen) atoms. The molecule has 0 aromatic carbocycles. The van der Waals surface area contributed by atoms with Gasteiger partial charge >= 0.3 is 12.0 Å². The molecule has 1 N–H and O–H groups in total. The third kappa shape index (κ3) is 3.72. The summed E-state index contributed by atoms with van der Waals surface area (Å²) in [5.74, 6) is -0.812. The average molecular weight is 311 g/mol. The van der Waals surface area contributed by atoms with Gasteiger partial charge in [0.25, 0.3) is 0 Å². The molecule has 0 spiro atoms. The second-order valence-electron chi connectivity index (χ2n) is 8.36. The Bertz CT molecular complexity index is 456. The Morgan fingerprint density at radius 2 is 1.82 bits per heavy atom. The minimum Gasteiger partial charge on any atom is -0.481 e. The minimum absolute atomic E-state index is 0.0667. The molecule has 0 bridgehead atoms. The van der Waals surface area contributed by atoms with Gasteiger partial charge in [-0.1, -0.05) is 13.8 Å². The van der Waals surface area contributed by atoms with Gasteiger partial charge in [0.1, 0.15) is 0 Å². The molecule has 0 unspecified atom stereocenters. The van der Waals surface area contributed by atoms with E-state index >= 15 is 0 Å². The summed E-state index contributed by atoms with van der Waals surface area (Å²) in [6.07, 6.45) is 0.0789. The van der Waals surface area contributed by atoms with Crippen molar-refractivity contribution in [2.75, 3.05) is 32.7 Å². The van der Waals surface area contributed by atoms with Crippen molar-refractivity contribution in [2.24, 2.45) is 5.41 Å². The Morgan fingerprint density at radius 3 is 2.36 bits per heavy atom. The van der Waals surface area contributed by atoms with Crippen molar-refractivity contribution in [3.63, 3.8) is 0 Å². The van der Waals surface area contributed by atoms with Crippen LogP contribution in [-0.2, 0) is 4.79 Å². The number of urea groups is 1. The zero-order valence-corrected chi connectivity index (χ0v) is 14.4. The van der Waals surface area contributed by atoms with Crippen LogP contribution >= 0.6 is 0 Å². The quantitative estimate of drug-likeness (QED) is 0.858. The number of carbonyl (C=O) groups excluding carboxylic acids is 1. The SMILES string of the molecule is CC(C)(CC(=O)O)CN1C[C@@H]2CN(C(C)(C)C)CCN2C1=O. The summed E-state index contributed by atoms with van der Waals surface area (Å²) in [6.45, 7) is 14.2. The standard InChI is InChI=1S/C16H29N3O3/c1-15(2,3)18-6-7-19-12(10-18)9-17(14(19)22)11-16(4,5)8-13(20)21/h12H,6-11H2,1-5H3,(H,20,21)/t12-/m1/s1. The highest BCUT2D eigenvalue weighted by atomic mass is 16.4. The molecule has 6 nitrogen and oxygen atoms in total. The predicted molar refractivity (Wildman–Crippen MR) is 84.8 cm³/mol. The molecule has 2 aliphatic rings. The lowest BCUT2D eigenvalue weighted by Gasteiger charge is -2.43. The van der Waals surface area contributed by atoms with Crippen LogP contribution < -0.4 is 0 Å². The van der Waals surface area contributed by atoms with Crippen molar-refractivity contribution in [1.82, 2.24) is 14.7 Å². The van der Waals surface area contributed by atoms with Crippen molar-refractivity contribution >= 4 is 12.0 Å². The lowest BCUT2D eigenvalue weighted by atomic mass is 9.89. The van der Waals surface area contributed by atoms with E-state index in [2.05, 4.69) is 25.7 Å². The van der Waals surface area contributed by atoms with Crippen LogP contribution in [0.5, 0.6) is 0 Å². The molecule has 1 atom stereocenters. The Hall–Kier alpha value is -1.30. The summed E-state index contributed by atoms with van der Waals surface area (Å²) >= 11 is 0. The van der Waals surface area contributed by atoms with Crippen LogP contribution in [0.4, 0.5) is 4.79 Å². The van der Waals surface area contributed by atoms with E-state index in [9.17, 15) is 9.59 Å². The molecule has 0 aromatic rings. The lowest BCUT2D eigenvalue weighted by molar-refractivity contribution is -0.139. The maximum atomic E-state index is 12.5. The van der Waals surface area contributed by atoms with Gasteiger partial charge in [0.05, 0.1) is 12.5 Å². The summed E-state index contributed by atoms with van der Waals surface area (Å²) in [5.41, 5.74) is -0.287. The molecule has 0 aliphatic carbocycles. The summed E-state index contributed by atoms with van der Waals surface area (Å²) < 4.78 is 0. The van der Waals surface area contributed by atoms with E-state index in [4.69, 9.17) is 5.11 Å². The van der Waals surface area contributed by atoms with Crippen LogP contribution in [0.1, 0.15) is 41.0 Å². The number of fused-ring (bicyclic) bond motifs is 1. The lowest BCUT2D eigenvalue weighted by Crippen LogP contribution is -2.57. The van der Waals surface area contributed by atoms with Crippen LogP contribution in [0.2, 0.25) is 0 Å². The first kappa shape index (κ1) is 17.1. The van der Waals surface area contributed by atoms with Gasteiger partial charge in [0.15, 0.2) is 0 Å². The molecular formula is C16H29N3O3. The maximum Gasteiger partial charge on any atom is 0.320 e. The normalized spacial score (nSPS) is 23.9. The summed E-state index contributed by atoms with van der Waals surface area (Å²) in [5, 5.41) is 9.00. The molecule has 6 heteroatoms. The molecule has 2 amide bonds. The topological polar surface area (TPSA) is 64.1 Å². The van der Waals surface area contributed by atoms with E-state index in [1.165, 1.54) is 0 Å². The van der Waals surface area contributed by atoms with Crippen LogP contribution in [0.15, 0.2) is 0 Å². The maximum absolute atomic E-state index is 12.5. The van der Waals surface area contributed by atoms with Crippen molar-refractivity contribution in [3.05, 3.63) is 0 Å². The number of aliphatic carboxylic acids is 1. The molecule has 0 aromatic heterocycles. The second-order valence-corrected chi connectivity index (χ2v) is 8.36. The Balaban J connectivity index is 2.01. The Morgan fingerprint density at radius 1 is 1.18 bits per heavy atom. The molecule has 2 fully saturated rings. The zero-order chi connectivity index (χ0) is 16.7. The number of rotatable bonds is 4. The minimum atomic E-state index is -0.812. The highest BCUT2D eigenvalue weighted by Gasteiger charge is 2.43. The van der Waals surface area contributed by atoms with Crippen molar-refractivity contribution in [2.45, 2.75) is 52.6 Å². The number of hydrogen-bond acceptors (Lipinski definition) is 3. The zero-order valence-electron chi connectivity index (χ0n) is 14.4. The smallest absolute Gasteiger partial charge is 0.320 e. The van der Waals surface area contributed by atoms with E-state index in [1.807, 2.05) is 23.6 Å². The van der Waals surface area contributed by atoms with Crippen LogP contribution in [0.3, 0.4) is 0 Å². The predicted octanol–water partition coefficient (Wildman–Crippen LogP) is 1.71. The fourth-order valence-corrected chi connectivity index (χ4v) is 3.50. The van der Waals surface area contributed by atoms with Crippen LogP contribution in [0, 0.1) is 5.41 Å². The Kier molecular flexibility index (Phi) is 4.44. The third-order valence-electron chi connectivity index (χ3n) is 4.63. The van der Waals surface area contributed by atoms with Gasteiger partial charge in [-0.2, -0.15) is 0 Å². The number of hydrogen-bond donors (Lipinski definition) is 1. The van der Waals surface area contributed by atoms with Gasteiger partial charge in [0.2, 0.25) is 0 Å². The largest absolute Gasteiger partial charge is 0.481 e. The molecule has 2 heterocycles. The first-order chi connectivity index (χ1) is 9.99. The van der Waals surface area contributed by atoms with Crippen molar-refractivity contribution in [1.29, 1.82) is 0 Å². The molecule has 2 saturated heterocycles. The summed E-state index contributed by atoms with van der Waals surface area (Å²) in [7, 11) is 0. The highest BCUT2D eigenvalue weighted by molar-refractivity contribution is 5.77. The van der Waals surface area contributed by atoms with E-state index in [1.54, 1.807) is 0 Å². The fourth-order valence-electron chi connectivity index (χ4n) is 3.50. The third-order valence-corrected chi connectivity index (χ3v) is 4.63. The molecule has 0 radical (unpaired) electrons. The molecule has 2 rings (SSSR count).